The maximum absolute atomic E-state index is 13.6. The van der Waals surface area contributed by atoms with Gasteiger partial charge in [0.25, 0.3) is 44.5 Å². The molecule has 9 rings (SSSR count). The lowest BCUT2D eigenvalue weighted by molar-refractivity contribution is 0.856. The van der Waals surface area contributed by atoms with E-state index in [9.17, 15) is 38.4 Å². The largest absolute Gasteiger partial charge is 0.277 e. The fourth-order valence-electron chi connectivity index (χ4n) is 7.41. The summed E-state index contributed by atoms with van der Waals surface area (Å²) >= 11 is 0. The van der Waals surface area contributed by atoms with Gasteiger partial charge in [-0.2, -0.15) is 0 Å². The lowest BCUT2D eigenvalue weighted by atomic mass is 10.0. The molecule has 5 aromatic carbocycles. The van der Waals surface area contributed by atoms with Crippen LogP contribution in [0.3, 0.4) is 0 Å². The Balaban J connectivity index is 1.00. The molecule has 0 aliphatic rings. The van der Waals surface area contributed by atoms with Crippen LogP contribution in [0.25, 0.3) is 60.2 Å². The van der Waals surface area contributed by atoms with Gasteiger partial charge in [0.2, 0.25) is 0 Å². The summed E-state index contributed by atoms with van der Waals surface area (Å²) in [6.07, 6.45) is 1.25. The topological polar surface area (TPSA) is 156 Å². The number of fused-ring (bicyclic) bond motifs is 4. The number of aromatic nitrogens is 4. The van der Waals surface area contributed by atoms with Gasteiger partial charge in [-0.3, -0.25) is 42.9 Å². The SMILES string of the molecule is CCc1ccc(-n2c(=O)c3cc4c(=O)n(-c5ccc(Cc6ccc(-n7c(=O)c8cc9c(=O)n(C)c(=O)c9cc8c7=O)cc6)cc5)c(=O)c4cc3c2=O)cc1. The van der Waals surface area contributed by atoms with Crippen LogP contribution < -0.4 is 44.5 Å². The minimum absolute atomic E-state index is 0.0454. The Bertz CT molecular complexity index is 3340. The lowest BCUT2D eigenvalue weighted by Gasteiger charge is -2.06. The van der Waals surface area contributed by atoms with Crippen LogP contribution in [0.5, 0.6) is 0 Å². The van der Waals surface area contributed by atoms with Crippen LogP contribution in [-0.4, -0.2) is 18.3 Å². The molecule has 0 saturated heterocycles. The summed E-state index contributed by atoms with van der Waals surface area (Å²) in [7, 11) is 1.34. The smallest absolute Gasteiger partial charge is 0.266 e. The van der Waals surface area contributed by atoms with Gasteiger partial charge in [-0.1, -0.05) is 43.3 Å². The second kappa shape index (κ2) is 11.6. The Morgan fingerprint density at radius 2 is 0.593 bits per heavy atom. The first-order chi connectivity index (χ1) is 26.0. The van der Waals surface area contributed by atoms with Crippen LogP contribution in [0, 0.1) is 0 Å². The van der Waals surface area contributed by atoms with Gasteiger partial charge in [0, 0.05) is 7.05 Å². The van der Waals surface area contributed by atoms with E-state index in [1.807, 2.05) is 19.1 Å². The summed E-state index contributed by atoms with van der Waals surface area (Å²) in [5, 5.41) is 0.516. The Kier molecular flexibility index (Phi) is 6.99. The molecule has 54 heavy (non-hydrogen) atoms. The fourth-order valence-corrected chi connectivity index (χ4v) is 7.41. The van der Waals surface area contributed by atoms with Crippen molar-refractivity contribution in [2.24, 2.45) is 7.05 Å². The molecule has 0 spiro atoms. The van der Waals surface area contributed by atoms with E-state index in [0.717, 1.165) is 41.4 Å². The monoisotopic (exact) mass is 714 g/mol. The third kappa shape index (κ3) is 4.56. The standard InChI is InChI=1S/C42H26N4O8/c1-3-21-4-10-24(11-5-21)44-39(51)31-19-33-34(20-32(31)40(44)52)42(54)46(41(33)53)26-14-8-23(9-15-26)16-22-6-12-25(13-7-22)45-37(49)29-17-27-28(18-30(29)38(45)50)36(48)43(2)35(27)47/h4-15,17-20H,3,16H2,1-2H3. The van der Waals surface area contributed by atoms with Crippen molar-refractivity contribution in [3.05, 3.63) is 197 Å². The summed E-state index contributed by atoms with van der Waals surface area (Å²) in [5.74, 6) is 0. The van der Waals surface area contributed by atoms with E-state index in [1.54, 1.807) is 60.7 Å². The molecule has 0 aliphatic carbocycles. The quantitative estimate of drug-likeness (QED) is 0.255. The van der Waals surface area contributed by atoms with Gasteiger partial charge < -0.3 is 0 Å². The number of nitrogens with zero attached hydrogens (tertiary/aromatic N) is 4. The van der Waals surface area contributed by atoms with E-state index in [-0.39, 0.29) is 43.1 Å². The van der Waals surface area contributed by atoms with Crippen LogP contribution >= 0.6 is 0 Å². The molecule has 0 unspecified atom stereocenters. The van der Waals surface area contributed by atoms with Crippen molar-refractivity contribution in [3.8, 4) is 17.1 Å². The molecule has 4 aromatic heterocycles. The maximum atomic E-state index is 13.6. The molecule has 9 aromatic rings. The molecule has 262 valence electrons. The van der Waals surface area contributed by atoms with Crippen molar-refractivity contribution in [3.63, 3.8) is 0 Å². The summed E-state index contributed by atoms with van der Waals surface area (Å²) in [6.45, 7) is 2.00. The molecule has 0 saturated carbocycles. The summed E-state index contributed by atoms with van der Waals surface area (Å²) < 4.78 is 4.04. The van der Waals surface area contributed by atoms with E-state index < -0.39 is 44.5 Å². The number of aryl methyl sites for hydroxylation is 1. The van der Waals surface area contributed by atoms with Gasteiger partial charge in [0.1, 0.15) is 0 Å². The predicted octanol–water partition coefficient (Wildman–Crippen LogP) is 2.80. The average Bonchev–Trinajstić information content (AvgIpc) is 3.77. The normalized spacial score (nSPS) is 11.9. The Morgan fingerprint density at radius 1 is 0.352 bits per heavy atom. The molecular formula is C42H26N4O8. The Morgan fingerprint density at radius 3 is 0.852 bits per heavy atom. The molecule has 0 amide bonds. The van der Waals surface area contributed by atoms with Crippen molar-refractivity contribution < 1.29 is 0 Å². The van der Waals surface area contributed by atoms with Gasteiger partial charge in [-0.25, -0.2) is 13.7 Å². The molecule has 12 nitrogen and oxygen atoms in total. The van der Waals surface area contributed by atoms with E-state index in [1.165, 1.54) is 31.3 Å². The van der Waals surface area contributed by atoms with Crippen LogP contribution in [-0.2, 0) is 19.9 Å². The van der Waals surface area contributed by atoms with Gasteiger partial charge in [-0.05, 0) is 90.2 Å². The van der Waals surface area contributed by atoms with E-state index >= 15 is 0 Å². The number of hydrogen-bond donors (Lipinski definition) is 0. The van der Waals surface area contributed by atoms with Gasteiger partial charge in [-0.15, -0.1) is 0 Å². The first-order valence-electron chi connectivity index (χ1n) is 17.1. The molecule has 0 bridgehead atoms. The highest BCUT2D eigenvalue weighted by Gasteiger charge is 2.22. The second-order valence-electron chi connectivity index (χ2n) is 13.4. The van der Waals surface area contributed by atoms with Crippen molar-refractivity contribution in [2.75, 3.05) is 0 Å². The number of hydrogen-bond acceptors (Lipinski definition) is 8. The zero-order valence-corrected chi connectivity index (χ0v) is 28.7. The third-order valence-electron chi connectivity index (χ3n) is 10.4. The minimum Gasteiger partial charge on any atom is -0.277 e. The van der Waals surface area contributed by atoms with Gasteiger partial charge in [0.05, 0.1) is 60.2 Å². The van der Waals surface area contributed by atoms with Crippen molar-refractivity contribution in [1.29, 1.82) is 0 Å². The minimum atomic E-state index is -0.601. The summed E-state index contributed by atoms with van der Waals surface area (Å²) in [5.41, 5.74) is -0.765. The first kappa shape index (κ1) is 32.6. The zero-order chi connectivity index (χ0) is 37.7. The Hall–Kier alpha value is -7.34. The fraction of sp³-hybridized carbons (Fsp3) is 0.0952. The van der Waals surface area contributed by atoms with Crippen molar-refractivity contribution in [2.45, 2.75) is 19.8 Å². The Labute approximate surface area is 301 Å². The molecule has 0 radical (unpaired) electrons. The van der Waals surface area contributed by atoms with E-state index in [0.29, 0.717) is 23.5 Å². The molecule has 0 N–H and O–H groups in total. The maximum Gasteiger partial charge on any atom is 0.266 e. The third-order valence-corrected chi connectivity index (χ3v) is 10.4. The lowest BCUT2D eigenvalue weighted by Crippen LogP contribution is -2.24. The molecule has 0 aliphatic heterocycles. The molecule has 0 fully saturated rings. The van der Waals surface area contributed by atoms with Gasteiger partial charge in [0.15, 0.2) is 0 Å². The first-order valence-corrected chi connectivity index (χ1v) is 17.1. The zero-order valence-electron chi connectivity index (χ0n) is 28.7. The van der Waals surface area contributed by atoms with Crippen molar-refractivity contribution in [1.82, 2.24) is 18.3 Å². The van der Waals surface area contributed by atoms with Crippen molar-refractivity contribution >= 4 is 43.1 Å². The van der Waals surface area contributed by atoms with Crippen LogP contribution in [0.4, 0.5) is 0 Å². The number of rotatable bonds is 6. The van der Waals surface area contributed by atoms with E-state index in [2.05, 4.69) is 0 Å². The molecular weight excluding hydrogens is 688 g/mol. The average molecular weight is 715 g/mol. The molecule has 12 heteroatoms. The van der Waals surface area contributed by atoms with Crippen LogP contribution in [0.1, 0.15) is 23.6 Å². The number of benzene rings is 5. The molecule has 0 atom stereocenters. The highest BCUT2D eigenvalue weighted by atomic mass is 16.2. The summed E-state index contributed by atoms with van der Waals surface area (Å²) in [4.78, 5) is 105. The van der Waals surface area contributed by atoms with Crippen LogP contribution in [0.2, 0.25) is 0 Å². The van der Waals surface area contributed by atoms with E-state index in [4.69, 9.17) is 0 Å². The predicted molar refractivity (Wildman–Crippen MR) is 207 cm³/mol. The second-order valence-corrected chi connectivity index (χ2v) is 13.4. The van der Waals surface area contributed by atoms with Gasteiger partial charge >= 0.3 is 0 Å². The van der Waals surface area contributed by atoms with Crippen LogP contribution in [0.15, 0.2) is 135 Å². The highest BCUT2D eigenvalue weighted by molar-refractivity contribution is 5.99. The highest BCUT2D eigenvalue weighted by Crippen LogP contribution is 2.20. The molecule has 4 heterocycles. The summed E-state index contributed by atoms with van der Waals surface area (Å²) in [6, 6.07) is 26.0.